The summed E-state index contributed by atoms with van der Waals surface area (Å²) in [5.74, 6) is 0. The number of rotatable bonds is 4. The van der Waals surface area contributed by atoms with Crippen molar-refractivity contribution in [3.05, 3.63) is 12.8 Å². The fraction of sp³-hybridized carbons (Fsp3) is 0. The van der Waals surface area contributed by atoms with Gasteiger partial charge in [0.15, 0.2) is 8.96 Å². The third kappa shape index (κ3) is 6.46. The summed E-state index contributed by atoms with van der Waals surface area (Å²) in [6.45, 7) is 3.36. The number of nitrogens with zero attached hydrogens (tertiary/aromatic N) is 1. The maximum Gasteiger partial charge on any atom is 0.154 e. The molecule has 6 heteroatoms. The fourth-order valence-electron chi connectivity index (χ4n) is 0.117. The van der Waals surface area contributed by atoms with Crippen molar-refractivity contribution in [2.45, 2.75) is 0 Å². The maximum absolute atomic E-state index is 4.74. The molecule has 0 amide bonds. The zero-order chi connectivity index (χ0) is 6.24. The monoisotopic (exact) mass is 168 g/mol. The quantitative estimate of drug-likeness (QED) is 0.396. The molecule has 0 saturated carbocycles. The second kappa shape index (κ2) is 7.46. The van der Waals surface area contributed by atoms with Crippen LogP contribution in [0.1, 0.15) is 0 Å². The van der Waals surface area contributed by atoms with E-state index in [-0.39, 0.29) is 8.96 Å². The highest BCUT2D eigenvalue weighted by Gasteiger charge is 1.73. The largest absolute Gasteiger partial charge is 0.469 e. The van der Waals surface area contributed by atoms with Gasteiger partial charge in [0.2, 0.25) is 0 Å². The Balaban J connectivity index is 2.82. The van der Waals surface area contributed by atoms with Crippen LogP contribution in [0.5, 0.6) is 0 Å². The van der Waals surface area contributed by atoms with Crippen molar-refractivity contribution in [2.24, 2.45) is 4.52 Å². The number of hydrogen-bond donors (Lipinski definition) is 1. The van der Waals surface area contributed by atoms with Crippen molar-refractivity contribution >= 4 is 26.9 Å². The van der Waals surface area contributed by atoms with Crippen molar-refractivity contribution in [3.8, 4) is 0 Å². The third-order valence-electron chi connectivity index (χ3n) is 0.296. The number of hydrogen-bond acceptors (Lipinski definition) is 2. The Kier molecular flexibility index (Phi) is 7.89. The molecule has 0 aromatic carbocycles. The minimum absolute atomic E-state index is 0.252. The van der Waals surface area contributed by atoms with E-state index in [1.165, 1.54) is 6.26 Å². The predicted octanol–water partition coefficient (Wildman–Crippen LogP) is 2.08. The molecule has 0 aromatic heterocycles. The SMILES string of the molecule is C=COPNP=NP. The highest BCUT2D eigenvalue weighted by molar-refractivity contribution is 7.46. The van der Waals surface area contributed by atoms with Gasteiger partial charge >= 0.3 is 0 Å². The first-order valence-corrected chi connectivity index (χ1v) is 4.05. The molecule has 0 bridgehead atoms. The minimum Gasteiger partial charge on any atom is -0.469 e. The standard InChI is InChI=1S/C2H7N2OP3/c1-2-5-8-4-7-3-6/h2,8H,1,6H2,(H,3,4). The zero-order valence-electron chi connectivity index (χ0n) is 4.16. The van der Waals surface area contributed by atoms with Crippen molar-refractivity contribution < 1.29 is 4.52 Å². The molecule has 8 heavy (non-hydrogen) atoms. The van der Waals surface area contributed by atoms with Crippen molar-refractivity contribution in [1.29, 1.82) is 0 Å². The van der Waals surface area contributed by atoms with Gasteiger partial charge in [0.05, 0.1) is 6.26 Å². The second-order valence-electron chi connectivity index (χ2n) is 0.714. The first-order valence-electron chi connectivity index (χ1n) is 1.78. The van der Waals surface area contributed by atoms with Gasteiger partial charge in [0.25, 0.3) is 0 Å². The molecular weight excluding hydrogens is 161 g/mol. The van der Waals surface area contributed by atoms with Gasteiger partial charge in [-0.15, -0.1) is 0 Å². The van der Waals surface area contributed by atoms with Crippen LogP contribution in [-0.2, 0) is 4.52 Å². The minimum atomic E-state index is 0.252. The van der Waals surface area contributed by atoms with Crippen LogP contribution in [0.4, 0.5) is 0 Å². The van der Waals surface area contributed by atoms with E-state index >= 15 is 0 Å². The molecule has 0 aliphatic carbocycles. The molecule has 0 aliphatic rings. The average Bonchev–Trinajstić information content (AvgIpc) is 1.81. The Morgan fingerprint density at radius 2 is 2.75 bits per heavy atom. The molecule has 0 radical (unpaired) electrons. The summed E-state index contributed by atoms with van der Waals surface area (Å²) in [5, 5.41) is 0. The van der Waals surface area contributed by atoms with E-state index < -0.39 is 0 Å². The van der Waals surface area contributed by atoms with Crippen molar-refractivity contribution in [2.75, 3.05) is 0 Å². The van der Waals surface area contributed by atoms with E-state index in [0.29, 0.717) is 0 Å². The molecule has 1 N–H and O–H groups in total. The van der Waals surface area contributed by atoms with E-state index in [1.807, 2.05) is 0 Å². The Bertz CT molecular complexity index is 85.4. The van der Waals surface area contributed by atoms with E-state index in [9.17, 15) is 0 Å². The van der Waals surface area contributed by atoms with Gasteiger partial charge in [-0.1, -0.05) is 6.58 Å². The lowest BCUT2D eigenvalue weighted by atomic mass is 11.2. The lowest BCUT2D eigenvalue weighted by molar-refractivity contribution is 0.551. The van der Waals surface area contributed by atoms with Gasteiger partial charge in [0.1, 0.15) is 8.52 Å². The third-order valence-corrected chi connectivity index (χ3v) is 1.81. The lowest BCUT2D eigenvalue weighted by Crippen LogP contribution is -1.75. The summed E-state index contributed by atoms with van der Waals surface area (Å²) in [7, 11) is 3.30. The summed E-state index contributed by atoms with van der Waals surface area (Å²) >= 11 is 0. The van der Waals surface area contributed by atoms with Crippen molar-refractivity contribution in [3.63, 3.8) is 0 Å². The Morgan fingerprint density at radius 1 is 2.00 bits per heavy atom. The molecule has 0 heterocycles. The van der Waals surface area contributed by atoms with Gasteiger partial charge in [-0.3, -0.25) is 0 Å². The van der Waals surface area contributed by atoms with E-state index in [2.05, 4.69) is 25.3 Å². The van der Waals surface area contributed by atoms with E-state index in [1.54, 1.807) is 0 Å². The first-order chi connectivity index (χ1) is 3.91. The normalized spacial score (nSPS) is 11.1. The van der Waals surface area contributed by atoms with Gasteiger partial charge in [-0.2, -0.15) is 0 Å². The second-order valence-corrected chi connectivity index (χ2v) is 3.17. The molecule has 0 aromatic rings. The molecule has 0 saturated heterocycles. The zero-order valence-corrected chi connectivity index (χ0v) is 7.21. The predicted molar refractivity (Wildman–Crippen MR) is 41.8 cm³/mol. The van der Waals surface area contributed by atoms with Gasteiger partial charge in [0, 0.05) is 0 Å². The van der Waals surface area contributed by atoms with Crippen LogP contribution in [0.25, 0.3) is 0 Å². The molecular formula is C2H7N2OP3. The van der Waals surface area contributed by atoms with Crippen LogP contribution < -0.4 is 4.86 Å². The number of nitrogens with one attached hydrogen (secondary N) is 1. The van der Waals surface area contributed by atoms with Gasteiger partial charge in [-0.25, -0.2) is 9.37 Å². The molecule has 46 valence electrons. The Hall–Kier alpha value is 0.460. The van der Waals surface area contributed by atoms with Crippen LogP contribution in [0.15, 0.2) is 17.4 Å². The summed E-state index contributed by atoms with van der Waals surface area (Å²) in [6, 6.07) is 0. The fourth-order valence-corrected chi connectivity index (χ4v) is 1.33. The summed E-state index contributed by atoms with van der Waals surface area (Å²) in [5.41, 5.74) is 0. The smallest absolute Gasteiger partial charge is 0.154 e. The van der Waals surface area contributed by atoms with Crippen LogP contribution in [0.3, 0.4) is 0 Å². The highest BCUT2D eigenvalue weighted by atomic mass is 31.1. The van der Waals surface area contributed by atoms with Crippen LogP contribution in [0.2, 0.25) is 0 Å². The van der Waals surface area contributed by atoms with Crippen molar-refractivity contribution in [1.82, 2.24) is 4.86 Å². The molecule has 0 spiro atoms. The van der Waals surface area contributed by atoms with E-state index in [4.69, 9.17) is 4.52 Å². The summed E-state index contributed by atoms with van der Waals surface area (Å²) in [4.78, 5) is 2.86. The molecule has 2 unspecified atom stereocenters. The van der Waals surface area contributed by atoms with Crippen LogP contribution >= 0.6 is 26.9 Å². The van der Waals surface area contributed by atoms with Gasteiger partial charge < -0.3 is 4.52 Å². The Morgan fingerprint density at radius 3 is 3.25 bits per heavy atom. The summed E-state index contributed by atoms with van der Waals surface area (Å²) < 4.78 is 8.42. The van der Waals surface area contributed by atoms with Gasteiger partial charge in [-0.05, 0) is 9.39 Å². The molecule has 3 nitrogen and oxygen atoms in total. The Labute approximate surface area is 54.4 Å². The molecule has 0 fully saturated rings. The van der Waals surface area contributed by atoms with E-state index in [0.717, 1.165) is 8.52 Å². The lowest BCUT2D eigenvalue weighted by Gasteiger charge is -1.92. The highest BCUT2D eigenvalue weighted by Crippen LogP contribution is 2.12. The first kappa shape index (κ1) is 8.46. The van der Waals surface area contributed by atoms with Crippen LogP contribution in [0, 0.1) is 0 Å². The molecule has 2 atom stereocenters. The molecule has 0 rings (SSSR count). The molecule has 0 aliphatic heterocycles. The maximum atomic E-state index is 4.74. The topological polar surface area (TPSA) is 33.6 Å². The van der Waals surface area contributed by atoms with Crippen LogP contribution in [-0.4, -0.2) is 0 Å². The summed E-state index contributed by atoms with van der Waals surface area (Å²) in [6.07, 6.45) is 1.39. The average molecular weight is 168 g/mol.